The summed E-state index contributed by atoms with van der Waals surface area (Å²) in [6.07, 6.45) is -3.07. The van der Waals surface area contributed by atoms with Gasteiger partial charge < -0.3 is 10.5 Å². The first-order valence-electron chi connectivity index (χ1n) is 5.46. The third-order valence-corrected chi connectivity index (χ3v) is 2.85. The highest BCUT2D eigenvalue weighted by molar-refractivity contribution is 5.14. The smallest absolute Gasteiger partial charge is 0.381 e. The first-order chi connectivity index (χ1) is 8.02. The van der Waals surface area contributed by atoms with Crippen LogP contribution in [-0.4, -0.2) is 23.0 Å². The van der Waals surface area contributed by atoms with E-state index in [0.717, 1.165) is 6.07 Å². The lowest BCUT2D eigenvalue weighted by atomic mass is 10.1. The van der Waals surface area contributed by atoms with Gasteiger partial charge in [-0.25, -0.2) is 0 Å². The zero-order valence-electron chi connectivity index (χ0n) is 9.20. The fourth-order valence-corrected chi connectivity index (χ4v) is 1.97. The van der Waals surface area contributed by atoms with Crippen LogP contribution in [0.15, 0.2) is 6.07 Å². The summed E-state index contributed by atoms with van der Waals surface area (Å²) in [7, 11) is 0. The molecule has 2 heterocycles. The van der Waals surface area contributed by atoms with Gasteiger partial charge in [-0.1, -0.05) is 0 Å². The Balaban J connectivity index is 2.28. The highest BCUT2D eigenvalue weighted by Crippen LogP contribution is 2.31. The number of halogens is 3. The molecule has 0 aromatic carbocycles. The average molecular weight is 249 g/mol. The van der Waals surface area contributed by atoms with Gasteiger partial charge in [0.25, 0.3) is 0 Å². The molecule has 0 saturated carbocycles. The van der Waals surface area contributed by atoms with Crippen molar-refractivity contribution in [2.45, 2.75) is 31.6 Å². The molecule has 17 heavy (non-hydrogen) atoms. The fourth-order valence-electron chi connectivity index (χ4n) is 1.97. The van der Waals surface area contributed by atoms with E-state index in [1.165, 1.54) is 4.68 Å². The van der Waals surface area contributed by atoms with Crippen molar-refractivity contribution in [2.24, 2.45) is 5.73 Å². The summed E-state index contributed by atoms with van der Waals surface area (Å²) < 4.78 is 44.2. The summed E-state index contributed by atoms with van der Waals surface area (Å²) in [5.41, 5.74) is 5.00. The molecule has 1 saturated heterocycles. The Hall–Kier alpha value is -1.08. The van der Waals surface area contributed by atoms with Gasteiger partial charge in [-0.3, -0.25) is 4.68 Å². The molecule has 1 aliphatic rings. The van der Waals surface area contributed by atoms with E-state index in [1.807, 2.05) is 0 Å². The van der Waals surface area contributed by atoms with E-state index in [4.69, 9.17) is 10.5 Å². The minimum atomic E-state index is -4.42. The van der Waals surface area contributed by atoms with Crippen molar-refractivity contribution in [3.8, 4) is 0 Å². The molecule has 2 N–H and O–H groups in total. The van der Waals surface area contributed by atoms with E-state index in [1.54, 1.807) is 0 Å². The largest absolute Gasteiger partial charge is 0.435 e. The Morgan fingerprint density at radius 1 is 1.41 bits per heavy atom. The number of nitrogens with zero attached hydrogens (tertiary/aromatic N) is 2. The van der Waals surface area contributed by atoms with Crippen molar-refractivity contribution in [2.75, 3.05) is 13.2 Å². The van der Waals surface area contributed by atoms with Crippen LogP contribution < -0.4 is 5.73 Å². The van der Waals surface area contributed by atoms with Gasteiger partial charge in [-0.15, -0.1) is 0 Å². The molecule has 1 aromatic rings. The lowest BCUT2D eigenvalue weighted by molar-refractivity contribution is -0.141. The van der Waals surface area contributed by atoms with Crippen LogP contribution >= 0.6 is 0 Å². The molecule has 7 heteroatoms. The average Bonchev–Trinajstić information content (AvgIpc) is 2.73. The molecule has 0 aliphatic carbocycles. The second-order valence-corrected chi connectivity index (χ2v) is 4.01. The van der Waals surface area contributed by atoms with Crippen LogP contribution in [0.1, 0.15) is 30.3 Å². The third-order valence-electron chi connectivity index (χ3n) is 2.85. The van der Waals surface area contributed by atoms with Crippen molar-refractivity contribution in [1.82, 2.24) is 9.78 Å². The molecule has 1 aromatic heterocycles. The molecule has 1 aliphatic heterocycles. The van der Waals surface area contributed by atoms with Gasteiger partial charge in [0, 0.05) is 19.8 Å². The highest BCUT2D eigenvalue weighted by atomic mass is 19.4. The Kier molecular flexibility index (Phi) is 3.39. The summed E-state index contributed by atoms with van der Waals surface area (Å²) in [5, 5.41) is 3.63. The maximum absolute atomic E-state index is 12.5. The van der Waals surface area contributed by atoms with E-state index < -0.39 is 11.9 Å². The van der Waals surface area contributed by atoms with Crippen molar-refractivity contribution in [3.05, 3.63) is 17.5 Å². The highest BCUT2D eigenvalue weighted by Gasteiger charge is 2.35. The molecule has 2 rings (SSSR count). The zero-order chi connectivity index (χ0) is 12.5. The Labute approximate surface area is 96.5 Å². The van der Waals surface area contributed by atoms with Crippen LogP contribution in [0, 0.1) is 0 Å². The van der Waals surface area contributed by atoms with E-state index >= 15 is 0 Å². The molecule has 1 fully saturated rings. The monoisotopic (exact) mass is 249 g/mol. The maximum Gasteiger partial charge on any atom is 0.435 e. The van der Waals surface area contributed by atoms with Gasteiger partial charge in [0.05, 0.1) is 11.7 Å². The molecular formula is C10H14F3N3O. The van der Waals surface area contributed by atoms with Gasteiger partial charge in [-0.2, -0.15) is 18.3 Å². The first-order valence-corrected chi connectivity index (χ1v) is 5.46. The third kappa shape index (κ3) is 2.61. The molecule has 0 unspecified atom stereocenters. The molecule has 0 bridgehead atoms. The SMILES string of the molecule is NCc1cc(C(F)(F)F)nn1C1CCOCC1. The van der Waals surface area contributed by atoms with E-state index in [-0.39, 0.29) is 12.6 Å². The molecule has 0 spiro atoms. The lowest BCUT2D eigenvalue weighted by Crippen LogP contribution is -2.23. The van der Waals surface area contributed by atoms with Gasteiger partial charge in [0.2, 0.25) is 0 Å². The summed E-state index contributed by atoms with van der Waals surface area (Å²) >= 11 is 0. The van der Waals surface area contributed by atoms with E-state index in [2.05, 4.69) is 5.10 Å². The second kappa shape index (κ2) is 4.66. The number of rotatable bonds is 2. The molecule has 96 valence electrons. The molecular weight excluding hydrogens is 235 g/mol. The number of hydrogen-bond donors (Lipinski definition) is 1. The van der Waals surface area contributed by atoms with Crippen molar-refractivity contribution < 1.29 is 17.9 Å². The minimum absolute atomic E-state index is 0.0431. The van der Waals surface area contributed by atoms with Crippen molar-refractivity contribution in [3.63, 3.8) is 0 Å². The standard InChI is InChI=1S/C10H14F3N3O/c11-10(12,13)9-5-8(6-14)16(15-9)7-1-3-17-4-2-7/h5,7H,1-4,6,14H2. The number of nitrogens with two attached hydrogens (primary N) is 1. The minimum Gasteiger partial charge on any atom is -0.381 e. The maximum atomic E-state index is 12.5. The summed E-state index contributed by atoms with van der Waals surface area (Å²) in [6, 6.07) is 0.980. The Bertz CT molecular complexity index is 383. The number of ether oxygens (including phenoxy) is 1. The van der Waals surface area contributed by atoms with E-state index in [9.17, 15) is 13.2 Å². The van der Waals surface area contributed by atoms with Crippen LogP contribution in [0.3, 0.4) is 0 Å². The first kappa shape index (κ1) is 12.4. The summed E-state index contributed by atoms with van der Waals surface area (Å²) in [5.74, 6) is 0. The van der Waals surface area contributed by atoms with Crippen LogP contribution in [0.25, 0.3) is 0 Å². The van der Waals surface area contributed by atoms with Gasteiger partial charge in [-0.05, 0) is 18.9 Å². The predicted octanol–water partition coefficient (Wildman–Crippen LogP) is 1.71. The predicted molar refractivity (Wildman–Crippen MR) is 54.2 cm³/mol. The van der Waals surface area contributed by atoms with Crippen LogP contribution in [0.4, 0.5) is 13.2 Å². The summed E-state index contributed by atoms with van der Waals surface area (Å²) in [4.78, 5) is 0. The van der Waals surface area contributed by atoms with Crippen molar-refractivity contribution >= 4 is 0 Å². The van der Waals surface area contributed by atoms with Gasteiger partial charge in [0.15, 0.2) is 5.69 Å². The molecule has 0 radical (unpaired) electrons. The van der Waals surface area contributed by atoms with Gasteiger partial charge in [0.1, 0.15) is 0 Å². The van der Waals surface area contributed by atoms with Crippen LogP contribution in [-0.2, 0) is 17.5 Å². The van der Waals surface area contributed by atoms with E-state index in [0.29, 0.717) is 31.7 Å². The fraction of sp³-hybridized carbons (Fsp3) is 0.700. The van der Waals surface area contributed by atoms with Crippen LogP contribution in [0.5, 0.6) is 0 Å². The topological polar surface area (TPSA) is 53.1 Å². The number of aromatic nitrogens is 2. The lowest BCUT2D eigenvalue weighted by Gasteiger charge is -2.24. The quantitative estimate of drug-likeness (QED) is 0.868. The summed E-state index contributed by atoms with van der Waals surface area (Å²) in [6.45, 7) is 1.16. The van der Waals surface area contributed by atoms with Gasteiger partial charge >= 0.3 is 6.18 Å². The molecule has 4 nitrogen and oxygen atoms in total. The van der Waals surface area contributed by atoms with Crippen LogP contribution in [0.2, 0.25) is 0 Å². The normalized spacial score (nSPS) is 18.6. The number of hydrogen-bond acceptors (Lipinski definition) is 3. The van der Waals surface area contributed by atoms with Crippen molar-refractivity contribution in [1.29, 1.82) is 0 Å². The Morgan fingerprint density at radius 2 is 2.06 bits per heavy atom. The second-order valence-electron chi connectivity index (χ2n) is 4.01. The zero-order valence-corrected chi connectivity index (χ0v) is 9.20. The molecule has 0 atom stereocenters. The number of alkyl halides is 3. The Morgan fingerprint density at radius 3 is 2.59 bits per heavy atom. The molecule has 0 amide bonds.